The van der Waals surface area contributed by atoms with Gasteiger partial charge in [0.05, 0.1) is 11.2 Å². The first-order valence-electron chi connectivity index (χ1n) is 6.22. The van der Waals surface area contributed by atoms with E-state index < -0.39 is 0 Å². The predicted molar refractivity (Wildman–Crippen MR) is 69.7 cm³/mol. The summed E-state index contributed by atoms with van der Waals surface area (Å²) in [6, 6.07) is 0. The third-order valence-corrected chi connectivity index (χ3v) is 5.08. The number of aromatic nitrogens is 1. The topological polar surface area (TPSA) is 38.9 Å². The largest absolute Gasteiger partial charge is 0.319 e. The van der Waals surface area contributed by atoms with Crippen LogP contribution in [-0.2, 0) is 12.0 Å². The fraction of sp³-hybridized carbons (Fsp3) is 0.769. The Hall–Kier alpha value is -0.410. The minimum Gasteiger partial charge on any atom is -0.319 e. The van der Waals surface area contributed by atoms with Crippen molar-refractivity contribution in [3.8, 4) is 0 Å². The van der Waals surface area contributed by atoms with E-state index in [0.29, 0.717) is 0 Å². The van der Waals surface area contributed by atoms with Crippen molar-refractivity contribution in [1.29, 1.82) is 0 Å². The Balaban J connectivity index is 2.13. The van der Waals surface area contributed by atoms with Gasteiger partial charge < -0.3 is 5.73 Å². The normalized spacial score (nSPS) is 29.5. The van der Waals surface area contributed by atoms with Gasteiger partial charge in [0.1, 0.15) is 5.01 Å². The predicted octanol–water partition coefficient (Wildman–Crippen LogP) is 3.23. The fourth-order valence-electron chi connectivity index (χ4n) is 2.49. The highest BCUT2D eigenvalue weighted by Crippen LogP contribution is 2.48. The van der Waals surface area contributed by atoms with Gasteiger partial charge in [0.2, 0.25) is 0 Å². The lowest BCUT2D eigenvalue weighted by Crippen LogP contribution is -2.50. The maximum Gasteiger partial charge on any atom is 0.113 e. The Labute approximate surface area is 102 Å². The maximum atomic E-state index is 6.44. The van der Waals surface area contributed by atoms with E-state index in [-0.39, 0.29) is 5.54 Å². The molecule has 90 valence electrons. The van der Waals surface area contributed by atoms with Gasteiger partial charge >= 0.3 is 0 Å². The van der Waals surface area contributed by atoms with Crippen molar-refractivity contribution >= 4 is 11.3 Å². The summed E-state index contributed by atoms with van der Waals surface area (Å²) >= 11 is 1.80. The Kier molecular flexibility index (Phi) is 3.10. The second kappa shape index (κ2) is 4.11. The molecule has 0 atom stereocenters. The van der Waals surface area contributed by atoms with Crippen LogP contribution in [0.4, 0.5) is 0 Å². The molecule has 1 aromatic heterocycles. The number of hydrogen-bond acceptors (Lipinski definition) is 3. The second-order valence-corrected chi connectivity index (χ2v) is 6.65. The molecule has 1 aliphatic carbocycles. The third-order valence-electron chi connectivity index (χ3n) is 3.85. The first-order chi connectivity index (χ1) is 7.46. The number of rotatable bonds is 3. The zero-order chi connectivity index (χ0) is 11.9. The van der Waals surface area contributed by atoms with Crippen molar-refractivity contribution in [2.24, 2.45) is 17.6 Å². The molecule has 0 unspecified atom stereocenters. The average Bonchev–Trinajstić information content (AvgIpc) is 2.54. The van der Waals surface area contributed by atoms with Crippen LogP contribution >= 0.6 is 11.3 Å². The number of hydrogen-bond donors (Lipinski definition) is 1. The third kappa shape index (κ3) is 1.91. The van der Waals surface area contributed by atoms with Crippen molar-refractivity contribution in [1.82, 2.24) is 4.98 Å². The maximum absolute atomic E-state index is 6.44. The van der Waals surface area contributed by atoms with Crippen LogP contribution in [0.25, 0.3) is 0 Å². The quantitative estimate of drug-likeness (QED) is 0.878. The molecule has 2 rings (SSSR count). The lowest BCUT2D eigenvalue weighted by Gasteiger charge is -2.45. The van der Waals surface area contributed by atoms with E-state index in [1.165, 1.54) is 15.6 Å². The molecule has 3 heteroatoms. The highest BCUT2D eigenvalue weighted by molar-refractivity contribution is 7.11. The zero-order valence-electron chi connectivity index (χ0n) is 10.7. The van der Waals surface area contributed by atoms with Crippen LogP contribution in [-0.4, -0.2) is 4.98 Å². The van der Waals surface area contributed by atoms with Crippen molar-refractivity contribution in [2.75, 3.05) is 0 Å². The molecule has 1 aliphatic rings. The molecule has 1 saturated carbocycles. The van der Waals surface area contributed by atoms with Crippen LogP contribution < -0.4 is 5.73 Å². The minimum absolute atomic E-state index is 0.113. The molecule has 0 spiro atoms. The summed E-state index contributed by atoms with van der Waals surface area (Å²) in [4.78, 5) is 6.05. The Morgan fingerprint density at radius 1 is 1.50 bits per heavy atom. The van der Waals surface area contributed by atoms with Crippen LogP contribution in [0.1, 0.15) is 49.2 Å². The Bertz CT molecular complexity index is 375. The molecule has 2 nitrogen and oxygen atoms in total. The number of aryl methyl sites for hydroxylation is 2. The fourth-order valence-corrected chi connectivity index (χ4v) is 3.61. The van der Waals surface area contributed by atoms with Gasteiger partial charge in [-0.2, -0.15) is 0 Å². The molecule has 0 amide bonds. The van der Waals surface area contributed by atoms with Crippen LogP contribution in [0.3, 0.4) is 0 Å². The van der Waals surface area contributed by atoms with E-state index in [1.54, 1.807) is 11.3 Å². The summed E-state index contributed by atoms with van der Waals surface area (Å²) < 4.78 is 0. The van der Waals surface area contributed by atoms with E-state index in [4.69, 9.17) is 10.7 Å². The summed E-state index contributed by atoms with van der Waals surface area (Å²) in [5.74, 6) is 1.54. The summed E-state index contributed by atoms with van der Waals surface area (Å²) in [7, 11) is 0. The summed E-state index contributed by atoms with van der Waals surface area (Å²) in [5.41, 5.74) is 7.56. The van der Waals surface area contributed by atoms with Crippen molar-refractivity contribution in [3.05, 3.63) is 15.6 Å². The number of nitrogens with zero attached hydrogens (tertiary/aromatic N) is 1. The van der Waals surface area contributed by atoms with Gasteiger partial charge in [-0.25, -0.2) is 4.98 Å². The van der Waals surface area contributed by atoms with Gasteiger partial charge in [-0.1, -0.05) is 20.8 Å². The van der Waals surface area contributed by atoms with Crippen molar-refractivity contribution in [2.45, 2.75) is 52.5 Å². The standard InChI is InChI=1S/C13H22N2S/c1-5-11-9(4)16-12(15-11)13(14)6-10(7-13)8(2)3/h8,10H,5-7,14H2,1-4H3. The molecule has 0 aromatic carbocycles. The summed E-state index contributed by atoms with van der Waals surface area (Å²) in [6.45, 7) is 8.89. The SMILES string of the molecule is CCc1nc(C2(N)CC(C(C)C)C2)sc1C. The van der Waals surface area contributed by atoms with E-state index >= 15 is 0 Å². The van der Waals surface area contributed by atoms with Crippen LogP contribution in [0, 0.1) is 18.8 Å². The summed E-state index contributed by atoms with van der Waals surface area (Å²) in [5, 5.41) is 1.17. The Morgan fingerprint density at radius 3 is 2.56 bits per heavy atom. The van der Waals surface area contributed by atoms with E-state index in [1.807, 2.05) is 0 Å². The minimum atomic E-state index is -0.113. The highest BCUT2D eigenvalue weighted by atomic mass is 32.1. The molecule has 0 radical (unpaired) electrons. The van der Waals surface area contributed by atoms with Crippen molar-refractivity contribution < 1.29 is 0 Å². The molecule has 1 heterocycles. The monoisotopic (exact) mass is 238 g/mol. The first kappa shape index (κ1) is 12.1. The average molecular weight is 238 g/mol. The smallest absolute Gasteiger partial charge is 0.113 e. The molecule has 2 N–H and O–H groups in total. The van der Waals surface area contributed by atoms with Gasteiger partial charge in [0.25, 0.3) is 0 Å². The van der Waals surface area contributed by atoms with E-state index in [0.717, 1.165) is 31.1 Å². The number of nitrogens with two attached hydrogens (primary N) is 1. The zero-order valence-corrected chi connectivity index (χ0v) is 11.5. The molecule has 0 saturated heterocycles. The van der Waals surface area contributed by atoms with Gasteiger partial charge in [0, 0.05) is 4.88 Å². The van der Waals surface area contributed by atoms with Gasteiger partial charge in [-0.3, -0.25) is 0 Å². The Morgan fingerprint density at radius 2 is 2.12 bits per heavy atom. The molecule has 16 heavy (non-hydrogen) atoms. The van der Waals surface area contributed by atoms with Crippen molar-refractivity contribution in [3.63, 3.8) is 0 Å². The second-order valence-electron chi connectivity index (χ2n) is 5.44. The number of thiazole rings is 1. The highest BCUT2D eigenvalue weighted by Gasteiger charge is 2.45. The van der Waals surface area contributed by atoms with Crippen LogP contribution in [0.5, 0.6) is 0 Å². The lowest BCUT2D eigenvalue weighted by molar-refractivity contribution is 0.104. The van der Waals surface area contributed by atoms with E-state index in [9.17, 15) is 0 Å². The molecular formula is C13H22N2S. The van der Waals surface area contributed by atoms with Crippen LogP contribution in [0.2, 0.25) is 0 Å². The van der Waals surface area contributed by atoms with E-state index in [2.05, 4.69) is 27.7 Å². The first-order valence-corrected chi connectivity index (χ1v) is 7.03. The lowest BCUT2D eigenvalue weighted by atomic mass is 9.65. The molecule has 1 fully saturated rings. The van der Waals surface area contributed by atoms with Gasteiger partial charge in [-0.15, -0.1) is 11.3 Å². The molecular weight excluding hydrogens is 216 g/mol. The van der Waals surface area contributed by atoms with Gasteiger partial charge in [0.15, 0.2) is 0 Å². The molecule has 0 bridgehead atoms. The summed E-state index contributed by atoms with van der Waals surface area (Å²) in [6.07, 6.45) is 3.24. The van der Waals surface area contributed by atoms with Gasteiger partial charge in [-0.05, 0) is 38.0 Å². The van der Waals surface area contributed by atoms with Crippen LogP contribution in [0.15, 0.2) is 0 Å². The molecule has 0 aliphatic heterocycles. The molecule has 1 aromatic rings.